The van der Waals surface area contributed by atoms with Gasteiger partial charge in [-0.2, -0.15) is 5.26 Å². The average Bonchev–Trinajstić information content (AvgIpc) is 1.61. The summed E-state index contributed by atoms with van der Waals surface area (Å²) in [7, 11) is 0. The van der Waals surface area contributed by atoms with Gasteiger partial charge in [-0.25, -0.2) is 4.39 Å². The summed E-state index contributed by atoms with van der Waals surface area (Å²) in [4.78, 5) is 0. The van der Waals surface area contributed by atoms with Crippen molar-refractivity contribution in [1.82, 2.24) is 0 Å². The molecule has 0 N–H and O–H groups in total. The van der Waals surface area contributed by atoms with Gasteiger partial charge in [-0.15, -0.1) is 0 Å². The molecule has 0 aromatic rings. The zero-order valence-electron chi connectivity index (χ0n) is 3.19. The van der Waals surface area contributed by atoms with E-state index in [0.717, 1.165) is 12.2 Å². The van der Waals surface area contributed by atoms with Crippen LogP contribution in [0.1, 0.15) is 0 Å². The Balaban J connectivity index is 3.02. The van der Waals surface area contributed by atoms with E-state index in [1.165, 1.54) is 0 Å². The van der Waals surface area contributed by atoms with E-state index in [2.05, 4.69) is 0 Å². The van der Waals surface area contributed by atoms with Gasteiger partial charge in [0.05, 0.1) is 6.07 Å². The maximum absolute atomic E-state index is 10.9. The van der Waals surface area contributed by atoms with Gasteiger partial charge in [-0.1, -0.05) is 0 Å². The molecule has 0 aliphatic carbocycles. The summed E-state index contributed by atoms with van der Waals surface area (Å²) in [6.45, 7) is -0.548. The van der Waals surface area contributed by atoms with E-state index in [4.69, 9.17) is 5.26 Å². The van der Waals surface area contributed by atoms with Gasteiger partial charge in [0.25, 0.3) is 0 Å². The highest BCUT2D eigenvalue weighted by Gasteiger charge is 1.61. The number of allylic oxidation sites excluding steroid dienone is 2. The Morgan fingerprint density at radius 2 is 2.50 bits per heavy atom. The smallest absolute Gasteiger partial charge is 0.109 e. The van der Waals surface area contributed by atoms with Gasteiger partial charge in [-0.05, 0) is 6.08 Å². The van der Waals surface area contributed by atoms with Crippen LogP contribution in [0.15, 0.2) is 12.2 Å². The summed E-state index contributed by atoms with van der Waals surface area (Å²) in [6.07, 6.45) is 2.26. The second kappa shape index (κ2) is 4.16. The molecule has 6 heavy (non-hydrogen) atoms. The van der Waals surface area contributed by atoms with Crippen LogP contribution in [0.5, 0.6) is 0 Å². The van der Waals surface area contributed by atoms with Crippen LogP contribution in [-0.2, 0) is 0 Å². The van der Waals surface area contributed by atoms with Crippen molar-refractivity contribution in [1.29, 1.82) is 5.26 Å². The summed E-state index contributed by atoms with van der Waals surface area (Å²) >= 11 is 0. The molecule has 0 saturated heterocycles. The number of rotatable bonds is 1. The second-order valence-electron chi connectivity index (χ2n) is 0.686. The van der Waals surface area contributed by atoms with Gasteiger partial charge < -0.3 is 0 Å². The van der Waals surface area contributed by atoms with Crippen LogP contribution in [0.3, 0.4) is 0 Å². The van der Waals surface area contributed by atoms with Gasteiger partial charge >= 0.3 is 0 Å². The Morgan fingerprint density at radius 3 is 2.67 bits per heavy atom. The van der Waals surface area contributed by atoms with E-state index in [-0.39, 0.29) is 0 Å². The number of halogens is 1. The monoisotopic (exact) mass is 85.0 g/mol. The number of nitrogens with zero attached hydrogens (tertiary/aromatic N) is 1. The third kappa shape index (κ3) is 3.16. The van der Waals surface area contributed by atoms with Crippen molar-refractivity contribution < 1.29 is 4.39 Å². The normalized spacial score (nSPS) is 8.67. The first-order valence-corrected chi connectivity index (χ1v) is 1.52. The van der Waals surface area contributed by atoms with Crippen LogP contribution in [-0.4, -0.2) is 6.67 Å². The lowest BCUT2D eigenvalue weighted by Gasteiger charge is -1.60. The molecule has 0 bridgehead atoms. The lowest BCUT2D eigenvalue weighted by atomic mass is 10.6. The molecule has 0 unspecified atom stereocenters. The minimum Gasteiger partial charge on any atom is -0.247 e. The van der Waals surface area contributed by atoms with Crippen LogP contribution in [0.2, 0.25) is 0 Å². The fourth-order valence-electron chi connectivity index (χ4n) is 0.0972. The molecule has 0 aliphatic heterocycles. The maximum Gasteiger partial charge on any atom is 0.109 e. The van der Waals surface area contributed by atoms with E-state index in [9.17, 15) is 4.39 Å². The van der Waals surface area contributed by atoms with Crippen LogP contribution in [0, 0.1) is 11.3 Å². The Hall–Kier alpha value is -0.840. The molecule has 0 rings (SSSR count). The number of hydrogen-bond donors (Lipinski definition) is 0. The molecule has 32 valence electrons. The predicted molar refractivity (Wildman–Crippen MR) is 20.7 cm³/mol. The van der Waals surface area contributed by atoms with Gasteiger partial charge in [0, 0.05) is 6.08 Å². The highest BCUT2D eigenvalue weighted by Crippen LogP contribution is 1.68. The third-order valence-corrected chi connectivity index (χ3v) is 0.281. The minimum atomic E-state index is -0.548. The van der Waals surface area contributed by atoms with E-state index >= 15 is 0 Å². The van der Waals surface area contributed by atoms with Crippen LogP contribution < -0.4 is 0 Å². The molecular formula is C4H4FN. The van der Waals surface area contributed by atoms with Crippen LogP contribution in [0.25, 0.3) is 0 Å². The van der Waals surface area contributed by atoms with Gasteiger partial charge in [0.2, 0.25) is 0 Å². The zero-order valence-corrected chi connectivity index (χ0v) is 3.19. The largest absolute Gasteiger partial charge is 0.247 e. The molecule has 0 saturated carbocycles. The quantitative estimate of drug-likeness (QED) is 0.436. The topological polar surface area (TPSA) is 23.8 Å². The minimum absolute atomic E-state index is 0.548. The standard InChI is InChI=1S/C4H4FN/c5-3-1-2-4-6/h1-2H,3H2. The molecule has 0 radical (unpaired) electrons. The number of nitriles is 1. The first-order chi connectivity index (χ1) is 2.91. The Kier molecular flexibility index (Phi) is 3.58. The number of hydrogen-bond acceptors (Lipinski definition) is 1. The predicted octanol–water partition coefficient (Wildman–Crippen LogP) is 1.04. The molecule has 2 heteroatoms. The van der Waals surface area contributed by atoms with E-state index < -0.39 is 6.67 Å². The summed E-state index contributed by atoms with van der Waals surface area (Å²) < 4.78 is 10.9. The fraction of sp³-hybridized carbons (Fsp3) is 0.250. The molecule has 0 fully saturated rings. The van der Waals surface area contributed by atoms with Crippen molar-refractivity contribution >= 4 is 0 Å². The Morgan fingerprint density at radius 1 is 1.83 bits per heavy atom. The van der Waals surface area contributed by atoms with Crippen molar-refractivity contribution in [2.24, 2.45) is 0 Å². The van der Waals surface area contributed by atoms with Gasteiger partial charge in [0.1, 0.15) is 6.67 Å². The molecule has 0 amide bonds. The fourth-order valence-corrected chi connectivity index (χ4v) is 0.0972. The molecule has 0 aromatic carbocycles. The highest BCUT2D eigenvalue weighted by atomic mass is 19.1. The van der Waals surface area contributed by atoms with Crippen LogP contribution >= 0.6 is 0 Å². The third-order valence-electron chi connectivity index (χ3n) is 0.281. The van der Waals surface area contributed by atoms with Crippen molar-refractivity contribution in [3.63, 3.8) is 0 Å². The summed E-state index contributed by atoms with van der Waals surface area (Å²) in [5, 5.41) is 7.69. The van der Waals surface area contributed by atoms with Gasteiger partial charge in [-0.3, -0.25) is 0 Å². The Bertz CT molecular complexity index is 80.0. The zero-order chi connectivity index (χ0) is 4.83. The first-order valence-electron chi connectivity index (χ1n) is 1.52. The molecule has 1 nitrogen and oxygen atoms in total. The van der Waals surface area contributed by atoms with Crippen molar-refractivity contribution in [2.45, 2.75) is 0 Å². The first kappa shape index (κ1) is 5.16. The molecule has 0 heterocycles. The molecule has 0 atom stereocenters. The summed E-state index contributed by atoms with van der Waals surface area (Å²) in [5.41, 5.74) is 0. The highest BCUT2D eigenvalue weighted by molar-refractivity contribution is 5.01. The summed E-state index contributed by atoms with van der Waals surface area (Å²) in [6, 6.07) is 1.65. The number of alkyl halides is 1. The van der Waals surface area contributed by atoms with E-state index in [1.54, 1.807) is 6.07 Å². The maximum atomic E-state index is 10.9. The van der Waals surface area contributed by atoms with E-state index in [1.807, 2.05) is 0 Å². The molecule has 0 spiro atoms. The molecular weight excluding hydrogens is 81.0 g/mol. The van der Waals surface area contributed by atoms with Gasteiger partial charge in [0.15, 0.2) is 0 Å². The average molecular weight is 85.1 g/mol. The van der Waals surface area contributed by atoms with Crippen molar-refractivity contribution in [3.8, 4) is 6.07 Å². The van der Waals surface area contributed by atoms with Crippen LogP contribution in [0.4, 0.5) is 4.39 Å². The summed E-state index contributed by atoms with van der Waals surface area (Å²) in [5.74, 6) is 0. The second-order valence-corrected chi connectivity index (χ2v) is 0.686. The van der Waals surface area contributed by atoms with E-state index in [0.29, 0.717) is 0 Å². The van der Waals surface area contributed by atoms with Crippen molar-refractivity contribution in [2.75, 3.05) is 6.67 Å². The molecule has 0 aromatic heterocycles. The lowest BCUT2D eigenvalue weighted by Crippen LogP contribution is -1.55. The lowest BCUT2D eigenvalue weighted by molar-refractivity contribution is 0.562. The SMILES string of the molecule is N#CC=CCF. The molecule has 0 aliphatic rings. The van der Waals surface area contributed by atoms with Crippen molar-refractivity contribution in [3.05, 3.63) is 12.2 Å². The Labute approximate surface area is 35.7 Å².